The van der Waals surface area contributed by atoms with E-state index in [1.807, 2.05) is 0 Å². The third kappa shape index (κ3) is 3.72. The van der Waals surface area contributed by atoms with Crippen molar-refractivity contribution in [1.29, 1.82) is 0 Å². The summed E-state index contributed by atoms with van der Waals surface area (Å²) < 4.78 is 0. The Morgan fingerprint density at radius 2 is 1.54 bits per heavy atom. The fourth-order valence-electron chi connectivity index (χ4n) is 5.57. The Morgan fingerprint density at radius 1 is 0.929 bits per heavy atom. The van der Waals surface area contributed by atoms with E-state index in [0.29, 0.717) is 29.5 Å². The maximum absolute atomic E-state index is 12.6. The van der Waals surface area contributed by atoms with Crippen molar-refractivity contribution in [2.24, 2.45) is 23.7 Å². The molecule has 146 valence electrons. The molecule has 1 nitrogen and oxygen atoms in total. The summed E-state index contributed by atoms with van der Waals surface area (Å²) in [7, 11) is 0. The lowest BCUT2D eigenvalue weighted by Gasteiger charge is -2.37. The van der Waals surface area contributed by atoms with Crippen LogP contribution in [0.2, 0.25) is 0 Å². The molecule has 1 heteroatoms. The third-order valence-corrected chi connectivity index (χ3v) is 6.97. The van der Waals surface area contributed by atoms with E-state index in [9.17, 15) is 4.79 Å². The molecule has 0 radical (unpaired) electrons. The van der Waals surface area contributed by atoms with Crippen molar-refractivity contribution in [2.75, 3.05) is 0 Å². The lowest BCUT2D eigenvalue weighted by atomic mass is 9.67. The molecule has 0 spiro atoms. The predicted octanol–water partition coefficient (Wildman–Crippen LogP) is 6.44. The van der Waals surface area contributed by atoms with Gasteiger partial charge in [0.15, 0.2) is 0 Å². The van der Waals surface area contributed by atoms with Crippen LogP contribution in [-0.2, 0) is 11.2 Å². The van der Waals surface area contributed by atoms with Gasteiger partial charge in [-0.3, -0.25) is 4.79 Å². The van der Waals surface area contributed by atoms with Gasteiger partial charge >= 0.3 is 0 Å². The second-order valence-electron chi connectivity index (χ2n) is 9.31. The van der Waals surface area contributed by atoms with E-state index >= 15 is 0 Å². The summed E-state index contributed by atoms with van der Waals surface area (Å²) in [6, 6.07) is 17.9. The fraction of sp³-hybridized carbons (Fsp3) is 0.444. The van der Waals surface area contributed by atoms with Gasteiger partial charge in [-0.25, -0.2) is 0 Å². The van der Waals surface area contributed by atoms with Crippen molar-refractivity contribution in [2.45, 2.75) is 52.9 Å². The zero-order valence-electron chi connectivity index (χ0n) is 17.6. The number of allylic oxidation sites excluding steroid dienone is 2. The first-order valence-electron chi connectivity index (χ1n) is 10.8. The van der Waals surface area contributed by atoms with Crippen molar-refractivity contribution < 1.29 is 4.79 Å². The van der Waals surface area contributed by atoms with E-state index in [1.165, 1.54) is 35.1 Å². The molecule has 0 amide bonds. The molecule has 1 saturated carbocycles. The molecule has 5 atom stereocenters. The highest BCUT2D eigenvalue weighted by Gasteiger charge is 2.45. The minimum Gasteiger partial charge on any atom is -0.299 e. The van der Waals surface area contributed by atoms with Gasteiger partial charge in [0, 0.05) is 11.8 Å². The van der Waals surface area contributed by atoms with E-state index in [1.54, 1.807) is 12.5 Å². The fourth-order valence-corrected chi connectivity index (χ4v) is 5.57. The summed E-state index contributed by atoms with van der Waals surface area (Å²) in [5, 5.41) is 0. The van der Waals surface area contributed by atoms with E-state index in [4.69, 9.17) is 0 Å². The van der Waals surface area contributed by atoms with Crippen molar-refractivity contribution in [1.82, 2.24) is 0 Å². The molecule has 2 aliphatic rings. The van der Waals surface area contributed by atoms with Gasteiger partial charge in [-0.2, -0.15) is 0 Å². The molecule has 5 unspecified atom stereocenters. The van der Waals surface area contributed by atoms with Crippen LogP contribution >= 0.6 is 0 Å². The van der Waals surface area contributed by atoms with Crippen molar-refractivity contribution in [3.05, 3.63) is 82.4 Å². The molecule has 0 aliphatic heterocycles. The maximum Gasteiger partial charge on any atom is 0.137 e. The highest BCUT2D eigenvalue weighted by Crippen LogP contribution is 2.53. The first kappa shape index (κ1) is 19.2. The number of aryl methyl sites for hydroxylation is 2. The van der Waals surface area contributed by atoms with Crippen LogP contribution < -0.4 is 0 Å². The molecule has 0 heterocycles. The number of Topliss-reactive ketones (excluding diaryl/α,β-unsaturated/α-hetero) is 1. The topological polar surface area (TPSA) is 17.1 Å². The Balaban J connectivity index is 1.67. The van der Waals surface area contributed by atoms with Crippen LogP contribution in [0.4, 0.5) is 0 Å². The number of hydrogen-bond donors (Lipinski definition) is 0. The van der Waals surface area contributed by atoms with Gasteiger partial charge in [0.05, 0.1) is 0 Å². The zero-order chi connectivity index (χ0) is 19.8. The van der Waals surface area contributed by atoms with Gasteiger partial charge in [0.1, 0.15) is 5.78 Å². The lowest BCUT2D eigenvalue weighted by Crippen LogP contribution is -2.28. The smallest absolute Gasteiger partial charge is 0.137 e. The number of hydrogen-bond acceptors (Lipinski definition) is 1. The Labute approximate surface area is 169 Å². The molecule has 2 aliphatic carbocycles. The molecule has 2 aromatic carbocycles. The maximum atomic E-state index is 12.6. The van der Waals surface area contributed by atoms with Gasteiger partial charge in [-0.05, 0) is 68.9 Å². The van der Waals surface area contributed by atoms with Crippen LogP contribution in [0.1, 0.15) is 54.9 Å². The van der Waals surface area contributed by atoms with Crippen molar-refractivity contribution in [3.8, 4) is 0 Å². The SMILES string of the molecule is CC(=O)C1C=C2C(Cc3ccc(C)cc3)CC(C)CC2C1c1ccc(C)cc1. The normalized spacial score (nSPS) is 29.3. The molecule has 0 aromatic heterocycles. The lowest BCUT2D eigenvalue weighted by molar-refractivity contribution is -0.120. The second kappa shape index (κ2) is 7.70. The Morgan fingerprint density at radius 3 is 2.14 bits per heavy atom. The van der Waals surface area contributed by atoms with E-state index in [2.05, 4.69) is 75.4 Å². The van der Waals surface area contributed by atoms with Gasteiger partial charge in [-0.1, -0.05) is 78.2 Å². The Bertz CT molecular complexity index is 871. The highest BCUT2D eigenvalue weighted by molar-refractivity contribution is 5.82. The zero-order valence-corrected chi connectivity index (χ0v) is 17.6. The largest absolute Gasteiger partial charge is 0.299 e. The van der Waals surface area contributed by atoms with E-state index < -0.39 is 0 Å². The van der Waals surface area contributed by atoms with Gasteiger partial charge < -0.3 is 0 Å². The standard InChI is InChI=1S/C27H32O/c1-17-5-9-21(10-6-17)15-23-13-19(3)14-26-25(23)16-24(20(4)28)27(26)22-11-7-18(2)8-12-22/h5-12,16,19,23-24,26-27H,13-15H2,1-4H3. The van der Waals surface area contributed by atoms with Crippen LogP contribution in [0.25, 0.3) is 0 Å². The minimum absolute atomic E-state index is 0.0357. The number of carbonyl (C=O) groups excluding carboxylic acids is 1. The van der Waals surface area contributed by atoms with E-state index in [0.717, 1.165) is 6.42 Å². The first-order valence-corrected chi connectivity index (χ1v) is 10.8. The predicted molar refractivity (Wildman–Crippen MR) is 116 cm³/mol. The molecule has 0 bridgehead atoms. The van der Waals surface area contributed by atoms with Crippen LogP contribution in [0.5, 0.6) is 0 Å². The number of fused-ring (bicyclic) bond motifs is 1. The summed E-state index contributed by atoms with van der Waals surface area (Å²) >= 11 is 0. The number of ketones is 1. The van der Waals surface area contributed by atoms with E-state index in [-0.39, 0.29) is 5.92 Å². The van der Waals surface area contributed by atoms with Crippen molar-refractivity contribution in [3.63, 3.8) is 0 Å². The summed E-state index contributed by atoms with van der Waals surface area (Å²) in [5.41, 5.74) is 6.91. The van der Waals surface area contributed by atoms with Crippen molar-refractivity contribution >= 4 is 5.78 Å². The molecule has 0 N–H and O–H groups in total. The number of benzene rings is 2. The van der Waals surface area contributed by atoms with Crippen LogP contribution in [-0.4, -0.2) is 5.78 Å². The average Bonchev–Trinajstić information content (AvgIpc) is 3.04. The van der Waals surface area contributed by atoms with Crippen LogP contribution in [0, 0.1) is 37.5 Å². The van der Waals surface area contributed by atoms with Gasteiger partial charge in [0.2, 0.25) is 0 Å². The number of carbonyl (C=O) groups is 1. The monoisotopic (exact) mass is 372 g/mol. The Hall–Kier alpha value is -2.15. The number of rotatable bonds is 4. The average molecular weight is 373 g/mol. The summed E-state index contributed by atoms with van der Waals surface area (Å²) in [6.45, 7) is 8.45. The quantitative estimate of drug-likeness (QED) is 0.565. The molecular weight excluding hydrogens is 340 g/mol. The summed E-state index contributed by atoms with van der Waals surface area (Å²) in [4.78, 5) is 12.6. The highest BCUT2D eigenvalue weighted by atomic mass is 16.1. The van der Waals surface area contributed by atoms with Gasteiger partial charge in [-0.15, -0.1) is 0 Å². The summed E-state index contributed by atoms with van der Waals surface area (Å²) in [6.07, 6.45) is 5.90. The molecule has 2 aromatic rings. The van der Waals surface area contributed by atoms with Crippen LogP contribution in [0.3, 0.4) is 0 Å². The molecule has 4 rings (SSSR count). The Kier molecular flexibility index (Phi) is 5.27. The molecule has 28 heavy (non-hydrogen) atoms. The van der Waals surface area contributed by atoms with Gasteiger partial charge in [0.25, 0.3) is 0 Å². The minimum atomic E-state index is 0.0357. The second-order valence-corrected chi connectivity index (χ2v) is 9.31. The first-order chi connectivity index (χ1) is 13.4. The molecular formula is C27H32O. The third-order valence-electron chi connectivity index (χ3n) is 6.97. The molecule has 0 saturated heterocycles. The molecule has 1 fully saturated rings. The summed E-state index contributed by atoms with van der Waals surface area (Å²) in [5.74, 6) is 2.44. The van der Waals surface area contributed by atoms with Crippen LogP contribution in [0.15, 0.2) is 60.2 Å².